The Bertz CT molecular complexity index is 1500. The number of hydrogen-bond acceptors (Lipinski definition) is 4. The monoisotopic (exact) mass is 529 g/mol. The van der Waals surface area contributed by atoms with E-state index in [1.807, 2.05) is 48.5 Å². The van der Waals surface area contributed by atoms with Crippen molar-refractivity contribution in [1.29, 1.82) is 0 Å². The van der Waals surface area contributed by atoms with Gasteiger partial charge in [0, 0.05) is 23.3 Å². The van der Waals surface area contributed by atoms with Crippen LogP contribution in [0.4, 0.5) is 11.4 Å². The Morgan fingerprint density at radius 1 is 0.892 bits per heavy atom. The predicted molar refractivity (Wildman–Crippen MR) is 144 cm³/mol. The van der Waals surface area contributed by atoms with Gasteiger partial charge in [0.15, 0.2) is 0 Å². The minimum absolute atomic E-state index is 0.0322. The van der Waals surface area contributed by atoms with Crippen molar-refractivity contribution in [2.24, 2.45) is 0 Å². The molecule has 0 bridgehead atoms. The maximum Gasteiger partial charge on any atom is 0.274 e. The fourth-order valence-corrected chi connectivity index (χ4v) is 5.10. The fraction of sp³-hybridized carbons (Fsp3) is 0.103. The molecule has 3 aromatic carbocycles. The zero-order valence-electron chi connectivity index (χ0n) is 19.5. The molecule has 5 rings (SSSR count). The molecule has 184 valence electrons. The summed E-state index contributed by atoms with van der Waals surface area (Å²) in [5.41, 5.74) is 1.28. The molecule has 1 unspecified atom stereocenters. The van der Waals surface area contributed by atoms with Crippen LogP contribution in [0, 0.1) is 0 Å². The zero-order valence-corrected chi connectivity index (χ0v) is 21.0. The number of nitrogens with one attached hydrogen (secondary N) is 1. The van der Waals surface area contributed by atoms with E-state index in [4.69, 9.17) is 23.2 Å². The third-order valence-electron chi connectivity index (χ3n) is 6.44. The zero-order chi connectivity index (χ0) is 26.0. The largest absolute Gasteiger partial charge is 0.321 e. The fourth-order valence-electron chi connectivity index (χ4n) is 4.63. The lowest BCUT2D eigenvalue weighted by atomic mass is 9.74. The standard InChI is InChI=1S/C29H21Cl2N3O3/c30-22-11-5-4-8-19(22)17-29(20-9-2-1-3-10-20)18-26(35)34(28(29)37)25-14-13-21(16-23(25)31)33-27(36)24-12-6-7-15-32-24/h1-16H,17-18H2,(H,33,36). The highest BCUT2D eigenvalue weighted by Gasteiger charge is 2.53. The van der Waals surface area contributed by atoms with Gasteiger partial charge in [-0.2, -0.15) is 0 Å². The Labute approximate surface area is 223 Å². The van der Waals surface area contributed by atoms with Gasteiger partial charge in [0.1, 0.15) is 5.69 Å². The van der Waals surface area contributed by atoms with Crippen molar-refractivity contribution in [3.8, 4) is 0 Å². The van der Waals surface area contributed by atoms with Crippen molar-refractivity contribution in [3.05, 3.63) is 124 Å². The van der Waals surface area contributed by atoms with Gasteiger partial charge in [-0.15, -0.1) is 0 Å². The first kappa shape index (κ1) is 24.7. The van der Waals surface area contributed by atoms with Gasteiger partial charge in [0.2, 0.25) is 11.8 Å². The molecule has 1 aliphatic rings. The highest BCUT2D eigenvalue weighted by molar-refractivity contribution is 6.37. The van der Waals surface area contributed by atoms with E-state index in [1.165, 1.54) is 12.3 Å². The number of halogens is 2. The van der Waals surface area contributed by atoms with Crippen molar-refractivity contribution >= 4 is 52.3 Å². The number of nitrogens with zero attached hydrogens (tertiary/aromatic N) is 2. The smallest absolute Gasteiger partial charge is 0.274 e. The quantitative estimate of drug-likeness (QED) is 0.306. The van der Waals surface area contributed by atoms with E-state index < -0.39 is 11.3 Å². The highest BCUT2D eigenvalue weighted by Crippen LogP contribution is 2.44. The predicted octanol–water partition coefficient (Wildman–Crippen LogP) is 6.08. The van der Waals surface area contributed by atoms with Crippen LogP contribution in [0.2, 0.25) is 10.0 Å². The lowest BCUT2D eigenvalue weighted by molar-refractivity contribution is -0.123. The van der Waals surface area contributed by atoms with Gasteiger partial charge in [-0.1, -0.05) is 77.8 Å². The van der Waals surface area contributed by atoms with Gasteiger partial charge in [-0.05, 0) is 53.9 Å². The average molecular weight is 530 g/mol. The molecule has 0 radical (unpaired) electrons. The van der Waals surface area contributed by atoms with Crippen LogP contribution in [0.5, 0.6) is 0 Å². The first-order valence-corrected chi connectivity index (χ1v) is 12.3. The van der Waals surface area contributed by atoms with E-state index in [1.54, 1.807) is 36.4 Å². The van der Waals surface area contributed by atoms with Crippen LogP contribution in [0.15, 0.2) is 97.2 Å². The molecule has 1 aromatic heterocycles. The number of aromatic nitrogens is 1. The summed E-state index contributed by atoms with van der Waals surface area (Å²) in [6.45, 7) is 0. The van der Waals surface area contributed by atoms with E-state index in [9.17, 15) is 14.4 Å². The third kappa shape index (κ3) is 4.73. The molecule has 1 aliphatic heterocycles. The number of pyridine rings is 1. The number of carbonyl (C=O) groups excluding carboxylic acids is 3. The summed E-state index contributed by atoms with van der Waals surface area (Å²) in [7, 11) is 0. The summed E-state index contributed by atoms with van der Waals surface area (Å²) in [5, 5.41) is 3.42. The number of carbonyl (C=O) groups is 3. The Morgan fingerprint density at radius 2 is 1.62 bits per heavy atom. The van der Waals surface area contributed by atoms with E-state index in [0.717, 1.165) is 16.0 Å². The molecule has 8 heteroatoms. The number of hydrogen-bond donors (Lipinski definition) is 1. The third-order valence-corrected chi connectivity index (χ3v) is 7.11. The van der Waals surface area contributed by atoms with Crippen LogP contribution >= 0.6 is 23.2 Å². The van der Waals surface area contributed by atoms with Crippen LogP contribution in [0.3, 0.4) is 0 Å². The summed E-state index contributed by atoms with van der Waals surface area (Å²) in [5.74, 6) is -1.15. The average Bonchev–Trinajstić information content (AvgIpc) is 3.16. The summed E-state index contributed by atoms with van der Waals surface area (Å²) >= 11 is 13.0. The molecule has 37 heavy (non-hydrogen) atoms. The second-order valence-electron chi connectivity index (χ2n) is 8.76. The van der Waals surface area contributed by atoms with Gasteiger partial charge in [0.25, 0.3) is 5.91 Å². The second kappa shape index (κ2) is 10.2. The molecule has 3 amide bonds. The van der Waals surface area contributed by atoms with Crippen LogP contribution in [-0.2, 0) is 21.4 Å². The Hall–Kier alpha value is -4.00. The number of anilines is 2. The van der Waals surface area contributed by atoms with Crippen molar-refractivity contribution in [2.45, 2.75) is 18.3 Å². The molecule has 6 nitrogen and oxygen atoms in total. The number of rotatable bonds is 6. The molecule has 0 aliphatic carbocycles. The molecule has 1 saturated heterocycles. The van der Waals surface area contributed by atoms with Crippen molar-refractivity contribution < 1.29 is 14.4 Å². The van der Waals surface area contributed by atoms with E-state index in [0.29, 0.717) is 10.7 Å². The lowest BCUT2D eigenvalue weighted by Crippen LogP contribution is -2.40. The van der Waals surface area contributed by atoms with Crippen LogP contribution in [0.1, 0.15) is 28.0 Å². The van der Waals surface area contributed by atoms with Gasteiger partial charge in [-0.3, -0.25) is 19.4 Å². The molecule has 1 N–H and O–H groups in total. The molecule has 0 saturated carbocycles. The van der Waals surface area contributed by atoms with Crippen molar-refractivity contribution in [2.75, 3.05) is 10.2 Å². The normalized spacial score (nSPS) is 17.2. The van der Waals surface area contributed by atoms with Crippen LogP contribution < -0.4 is 10.2 Å². The number of imide groups is 1. The first-order valence-electron chi connectivity index (χ1n) is 11.6. The molecule has 1 fully saturated rings. The van der Waals surface area contributed by atoms with E-state index in [-0.39, 0.29) is 41.1 Å². The van der Waals surface area contributed by atoms with Gasteiger partial charge in [0.05, 0.1) is 16.1 Å². The van der Waals surface area contributed by atoms with Crippen molar-refractivity contribution in [1.82, 2.24) is 4.98 Å². The summed E-state index contributed by atoms with van der Waals surface area (Å²) in [6, 6.07) is 26.2. The van der Waals surface area contributed by atoms with E-state index >= 15 is 0 Å². The van der Waals surface area contributed by atoms with Gasteiger partial charge >= 0.3 is 0 Å². The van der Waals surface area contributed by atoms with Crippen LogP contribution in [0.25, 0.3) is 0 Å². The summed E-state index contributed by atoms with van der Waals surface area (Å²) in [6.07, 6.45) is 1.75. The Kier molecular flexibility index (Phi) is 6.78. The molecule has 0 spiro atoms. The molecule has 2 heterocycles. The number of benzene rings is 3. The first-order chi connectivity index (χ1) is 17.9. The topological polar surface area (TPSA) is 79.4 Å². The Balaban J connectivity index is 1.48. The van der Waals surface area contributed by atoms with E-state index in [2.05, 4.69) is 10.3 Å². The van der Waals surface area contributed by atoms with Gasteiger partial charge < -0.3 is 5.32 Å². The molecule has 4 aromatic rings. The molecular weight excluding hydrogens is 509 g/mol. The molecule has 1 atom stereocenters. The minimum Gasteiger partial charge on any atom is -0.321 e. The Morgan fingerprint density at radius 3 is 2.32 bits per heavy atom. The van der Waals surface area contributed by atoms with Gasteiger partial charge in [-0.25, -0.2) is 4.90 Å². The summed E-state index contributed by atoms with van der Waals surface area (Å²) < 4.78 is 0. The SMILES string of the molecule is O=C(Nc1ccc(N2C(=O)CC(Cc3ccccc3Cl)(c3ccccc3)C2=O)c(Cl)c1)c1ccccn1. The van der Waals surface area contributed by atoms with Crippen molar-refractivity contribution in [3.63, 3.8) is 0 Å². The van der Waals surface area contributed by atoms with Crippen LogP contribution in [-0.4, -0.2) is 22.7 Å². The second-order valence-corrected chi connectivity index (χ2v) is 9.58. The lowest BCUT2D eigenvalue weighted by Gasteiger charge is -2.28. The molecular formula is C29H21Cl2N3O3. The maximum atomic E-state index is 14.1. The maximum absolute atomic E-state index is 14.1. The summed E-state index contributed by atoms with van der Waals surface area (Å²) in [4.78, 5) is 45.1. The highest BCUT2D eigenvalue weighted by atomic mass is 35.5. The number of amides is 3. The minimum atomic E-state index is -1.14.